The maximum atomic E-state index is 12.4. The van der Waals surface area contributed by atoms with Gasteiger partial charge in [-0.3, -0.25) is 0 Å². The molecule has 106 valence electrons. The Labute approximate surface area is 109 Å². The molecular formula is C12H14F3NO2S. The average Bonchev–Trinajstić information content (AvgIpc) is 3.11. The maximum Gasteiger partial charge on any atom is 0.416 e. The van der Waals surface area contributed by atoms with E-state index in [2.05, 4.69) is 4.72 Å². The van der Waals surface area contributed by atoms with Crippen LogP contribution in [-0.2, 0) is 16.2 Å². The molecule has 1 fully saturated rings. The molecule has 0 radical (unpaired) electrons. The first-order valence-electron chi connectivity index (χ1n) is 5.90. The van der Waals surface area contributed by atoms with Crippen molar-refractivity contribution < 1.29 is 21.6 Å². The summed E-state index contributed by atoms with van der Waals surface area (Å²) in [5.41, 5.74) is -0.860. The molecule has 1 aromatic rings. The molecule has 1 unspecified atom stereocenters. The standard InChI is InChI=1S/C12H14F3NO2S/c1-8(9-2-3-9)16-19(17,18)11-6-4-10(5-7-11)12(13,14)15/h4-9,16H,2-3H2,1H3. The van der Waals surface area contributed by atoms with Gasteiger partial charge in [-0.05, 0) is 49.9 Å². The monoisotopic (exact) mass is 293 g/mol. The van der Waals surface area contributed by atoms with Gasteiger partial charge in [-0.25, -0.2) is 13.1 Å². The third-order valence-corrected chi connectivity index (χ3v) is 4.74. The lowest BCUT2D eigenvalue weighted by atomic mass is 10.2. The summed E-state index contributed by atoms with van der Waals surface area (Å²) in [5, 5.41) is 0. The van der Waals surface area contributed by atoms with Crippen molar-refractivity contribution >= 4 is 10.0 Å². The van der Waals surface area contributed by atoms with Crippen LogP contribution in [0.25, 0.3) is 0 Å². The molecule has 19 heavy (non-hydrogen) atoms. The van der Waals surface area contributed by atoms with E-state index in [4.69, 9.17) is 0 Å². The fourth-order valence-corrected chi connectivity index (χ4v) is 3.14. The first-order valence-corrected chi connectivity index (χ1v) is 7.38. The molecule has 1 aliphatic carbocycles. The van der Waals surface area contributed by atoms with Crippen LogP contribution in [0.1, 0.15) is 25.3 Å². The van der Waals surface area contributed by atoms with E-state index in [1.54, 1.807) is 6.92 Å². The van der Waals surface area contributed by atoms with E-state index in [0.29, 0.717) is 5.92 Å². The van der Waals surface area contributed by atoms with Crippen LogP contribution in [-0.4, -0.2) is 14.5 Å². The summed E-state index contributed by atoms with van der Waals surface area (Å²) in [6, 6.07) is 3.31. The zero-order chi connectivity index (χ0) is 14.3. The lowest BCUT2D eigenvalue weighted by molar-refractivity contribution is -0.137. The van der Waals surface area contributed by atoms with Gasteiger partial charge in [0.1, 0.15) is 0 Å². The van der Waals surface area contributed by atoms with E-state index in [1.165, 1.54) is 0 Å². The highest BCUT2D eigenvalue weighted by molar-refractivity contribution is 7.89. The van der Waals surface area contributed by atoms with Gasteiger partial charge in [0, 0.05) is 6.04 Å². The molecule has 1 aromatic carbocycles. The predicted octanol–water partition coefficient (Wildman–Crippen LogP) is 2.78. The van der Waals surface area contributed by atoms with Crippen LogP contribution in [0.3, 0.4) is 0 Å². The zero-order valence-corrected chi connectivity index (χ0v) is 11.1. The van der Waals surface area contributed by atoms with Gasteiger partial charge < -0.3 is 0 Å². The predicted molar refractivity (Wildman–Crippen MR) is 64.0 cm³/mol. The Hall–Kier alpha value is -1.08. The Morgan fingerprint density at radius 3 is 2.16 bits per heavy atom. The van der Waals surface area contributed by atoms with Crippen molar-refractivity contribution in [2.24, 2.45) is 5.92 Å². The minimum absolute atomic E-state index is 0.145. The normalized spacial score (nSPS) is 18.3. The summed E-state index contributed by atoms with van der Waals surface area (Å²) in [5.74, 6) is 0.337. The minimum Gasteiger partial charge on any atom is -0.208 e. The van der Waals surface area contributed by atoms with Gasteiger partial charge in [-0.1, -0.05) is 0 Å². The second-order valence-corrected chi connectivity index (χ2v) is 6.48. The van der Waals surface area contributed by atoms with E-state index < -0.39 is 21.8 Å². The van der Waals surface area contributed by atoms with Gasteiger partial charge in [-0.2, -0.15) is 13.2 Å². The molecule has 2 rings (SSSR count). The highest BCUT2D eigenvalue weighted by atomic mass is 32.2. The van der Waals surface area contributed by atoms with Crippen molar-refractivity contribution in [2.45, 2.75) is 36.9 Å². The summed E-state index contributed by atoms with van der Waals surface area (Å²) in [4.78, 5) is -0.145. The van der Waals surface area contributed by atoms with Crippen LogP contribution >= 0.6 is 0 Å². The molecular weight excluding hydrogens is 279 g/mol. The molecule has 7 heteroatoms. The maximum absolute atomic E-state index is 12.4. The Balaban J connectivity index is 2.16. The summed E-state index contributed by atoms with van der Waals surface area (Å²) in [6.07, 6.45) is -2.50. The van der Waals surface area contributed by atoms with Crippen molar-refractivity contribution in [3.8, 4) is 0 Å². The van der Waals surface area contributed by atoms with E-state index in [-0.39, 0.29) is 10.9 Å². The Morgan fingerprint density at radius 1 is 1.21 bits per heavy atom. The van der Waals surface area contributed by atoms with Crippen molar-refractivity contribution in [3.05, 3.63) is 29.8 Å². The molecule has 0 aromatic heterocycles. The van der Waals surface area contributed by atoms with Crippen molar-refractivity contribution in [3.63, 3.8) is 0 Å². The molecule has 0 saturated heterocycles. The van der Waals surface area contributed by atoms with Crippen LogP contribution in [0.2, 0.25) is 0 Å². The molecule has 0 heterocycles. The van der Waals surface area contributed by atoms with Crippen LogP contribution in [0.15, 0.2) is 29.2 Å². The molecule has 3 nitrogen and oxygen atoms in total. The molecule has 1 aliphatic rings. The third-order valence-electron chi connectivity index (χ3n) is 3.16. The fraction of sp³-hybridized carbons (Fsp3) is 0.500. The van der Waals surface area contributed by atoms with E-state index in [9.17, 15) is 21.6 Å². The summed E-state index contributed by atoms with van der Waals surface area (Å²) < 4.78 is 63.5. The molecule has 0 aliphatic heterocycles. The number of hydrogen-bond donors (Lipinski definition) is 1. The van der Waals surface area contributed by atoms with Gasteiger partial charge in [0.15, 0.2) is 0 Å². The molecule has 1 saturated carbocycles. The number of halogens is 3. The van der Waals surface area contributed by atoms with Crippen molar-refractivity contribution in [1.29, 1.82) is 0 Å². The number of sulfonamides is 1. The second kappa shape index (κ2) is 4.79. The number of nitrogens with one attached hydrogen (secondary N) is 1. The average molecular weight is 293 g/mol. The Kier molecular flexibility index (Phi) is 3.61. The first kappa shape index (κ1) is 14.3. The summed E-state index contributed by atoms with van der Waals surface area (Å²) in [6.45, 7) is 1.76. The van der Waals surface area contributed by atoms with E-state index in [0.717, 1.165) is 37.1 Å². The van der Waals surface area contributed by atoms with Gasteiger partial charge in [0.25, 0.3) is 0 Å². The number of hydrogen-bond acceptors (Lipinski definition) is 2. The zero-order valence-electron chi connectivity index (χ0n) is 10.2. The molecule has 0 amide bonds. The van der Waals surface area contributed by atoms with Gasteiger partial charge in [0.2, 0.25) is 10.0 Å². The van der Waals surface area contributed by atoms with Gasteiger partial charge in [0.05, 0.1) is 10.5 Å². The van der Waals surface area contributed by atoms with E-state index in [1.807, 2.05) is 0 Å². The SMILES string of the molecule is CC(NS(=O)(=O)c1ccc(C(F)(F)F)cc1)C1CC1. The smallest absolute Gasteiger partial charge is 0.208 e. The van der Waals surface area contributed by atoms with Crippen LogP contribution in [0.4, 0.5) is 13.2 Å². The number of benzene rings is 1. The summed E-state index contributed by atoms with van der Waals surface area (Å²) >= 11 is 0. The van der Waals surface area contributed by atoms with E-state index >= 15 is 0 Å². The molecule has 1 N–H and O–H groups in total. The molecule has 0 spiro atoms. The van der Waals surface area contributed by atoms with Crippen LogP contribution in [0.5, 0.6) is 0 Å². The highest BCUT2D eigenvalue weighted by Crippen LogP contribution is 2.33. The lowest BCUT2D eigenvalue weighted by Crippen LogP contribution is -2.34. The Morgan fingerprint density at radius 2 is 1.74 bits per heavy atom. The highest BCUT2D eigenvalue weighted by Gasteiger charge is 2.32. The topological polar surface area (TPSA) is 46.2 Å². The second-order valence-electron chi connectivity index (χ2n) is 4.77. The third kappa shape index (κ3) is 3.48. The first-order chi connectivity index (χ1) is 8.70. The fourth-order valence-electron chi connectivity index (χ4n) is 1.83. The number of alkyl halides is 3. The molecule has 1 atom stereocenters. The number of rotatable bonds is 4. The van der Waals surface area contributed by atoms with Crippen molar-refractivity contribution in [1.82, 2.24) is 4.72 Å². The summed E-state index contributed by atoms with van der Waals surface area (Å²) in [7, 11) is -3.74. The Bertz CT molecular complexity index is 547. The van der Waals surface area contributed by atoms with Gasteiger partial charge >= 0.3 is 6.18 Å². The molecule has 0 bridgehead atoms. The van der Waals surface area contributed by atoms with Crippen LogP contribution in [0, 0.1) is 5.92 Å². The largest absolute Gasteiger partial charge is 0.416 e. The quantitative estimate of drug-likeness (QED) is 0.928. The van der Waals surface area contributed by atoms with Crippen LogP contribution < -0.4 is 4.72 Å². The lowest BCUT2D eigenvalue weighted by Gasteiger charge is -2.14. The minimum atomic E-state index is -4.46. The van der Waals surface area contributed by atoms with Gasteiger partial charge in [-0.15, -0.1) is 0 Å². The van der Waals surface area contributed by atoms with Crippen molar-refractivity contribution in [2.75, 3.05) is 0 Å².